The van der Waals surface area contributed by atoms with Crippen LogP contribution in [0.25, 0.3) is 0 Å². The zero-order valence-electron chi connectivity index (χ0n) is 18.4. The van der Waals surface area contributed by atoms with E-state index in [9.17, 15) is 24.3 Å². The number of rotatable bonds is 9. The molecule has 3 amide bonds. The maximum Gasteiger partial charge on any atom is 0.408 e. The smallest absolute Gasteiger partial charge is 0.408 e. The molecule has 168 valence electrons. The summed E-state index contributed by atoms with van der Waals surface area (Å²) in [6, 6.07) is -2.06. The molecule has 0 unspecified atom stereocenters. The molecule has 0 spiro atoms. The molecule has 4 N–H and O–H groups in total. The number of hydrogen-bond donors (Lipinski definition) is 4. The van der Waals surface area contributed by atoms with E-state index >= 15 is 0 Å². The largest absolute Gasteiger partial charge is 0.480 e. The van der Waals surface area contributed by atoms with Gasteiger partial charge in [0.25, 0.3) is 0 Å². The van der Waals surface area contributed by atoms with Gasteiger partial charge < -0.3 is 30.5 Å². The molecule has 0 aromatic carbocycles. The first kappa shape index (κ1) is 26.5. The minimum Gasteiger partial charge on any atom is -0.480 e. The third-order valence-electron chi connectivity index (χ3n) is 3.33. The second-order valence-corrected chi connectivity index (χ2v) is 8.69. The van der Waals surface area contributed by atoms with Crippen molar-refractivity contribution in [2.24, 2.45) is 0 Å². The Balaban J connectivity index is 4.34. The van der Waals surface area contributed by atoms with E-state index < -0.39 is 47.3 Å². The van der Waals surface area contributed by atoms with Crippen molar-refractivity contribution in [2.75, 3.05) is 6.54 Å². The number of alkyl carbamates (subject to hydrolysis) is 2. The van der Waals surface area contributed by atoms with Crippen LogP contribution < -0.4 is 16.0 Å². The van der Waals surface area contributed by atoms with E-state index in [1.165, 1.54) is 6.92 Å². The van der Waals surface area contributed by atoms with Crippen molar-refractivity contribution in [3.63, 3.8) is 0 Å². The highest BCUT2D eigenvalue weighted by molar-refractivity contribution is 5.88. The number of carboxylic acids is 1. The van der Waals surface area contributed by atoms with Crippen LogP contribution in [0.15, 0.2) is 0 Å². The van der Waals surface area contributed by atoms with Crippen molar-refractivity contribution in [1.82, 2.24) is 16.0 Å². The first-order chi connectivity index (χ1) is 13.1. The lowest BCUT2D eigenvalue weighted by Gasteiger charge is -2.22. The fourth-order valence-electron chi connectivity index (χ4n) is 2.08. The van der Waals surface area contributed by atoms with Crippen LogP contribution in [0.2, 0.25) is 0 Å². The van der Waals surface area contributed by atoms with Crippen LogP contribution in [0, 0.1) is 0 Å². The molecule has 0 saturated heterocycles. The van der Waals surface area contributed by atoms with E-state index in [0.717, 1.165) is 0 Å². The fourth-order valence-corrected chi connectivity index (χ4v) is 2.08. The first-order valence-electron chi connectivity index (χ1n) is 9.60. The molecule has 0 aromatic heterocycles. The number of ether oxygens (including phenoxy) is 2. The quantitative estimate of drug-likeness (QED) is 0.421. The van der Waals surface area contributed by atoms with Crippen molar-refractivity contribution in [3.8, 4) is 0 Å². The number of carbonyl (C=O) groups is 4. The molecule has 0 bridgehead atoms. The second kappa shape index (κ2) is 11.5. The van der Waals surface area contributed by atoms with E-state index in [2.05, 4.69) is 16.0 Å². The van der Waals surface area contributed by atoms with E-state index in [1.807, 2.05) is 0 Å². The standard InChI is InChI=1S/C19H35N3O7/c1-12(21-17(27)29-19(5,6)7)14(23)22-13(15(24)25)10-8-9-11-20-16(26)28-18(2,3)4/h12-13H,8-11H2,1-7H3,(H,20,26)(H,21,27)(H,22,23)(H,24,25)/t12-,13-/m0/s1. The minimum atomic E-state index is -1.18. The van der Waals surface area contributed by atoms with Crippen LogP contribution in [0.4, 0.5) is 9.59 Å². The van der Waals surface area contributed by atoms with Gasteiger partial charge in [-0.05, 0) is 67.7 Å². The van der Waals surface area contributed by atoms with Gasteiger partial charge in [-0.15, -0.1) is 0 Å². The minimum absolute atomic E-state index is 0.177. The molecule has 0 saturated carbocycles. The van der Waals surface area contributed by atoms with Gasteiger partial charge in [0.05, 0.1) is 0 Å². The summed E-state index contributed by atoms with van der Waals surface area (Å²) >= 11 is 0. The highest BCUT2D eigenvalue weighted by Crippen LogP contribution is 2.08. The molecule has 0 fully saturated rings. The number of amides is 3. The molecule has 0 aromatic rings. The molecule has 0 aliphatic heterocycles. The van der Waals surface area contributed by atoms with E-state index in [1.54, 1.807) is 41.5 Å². The monoisotopic (exact) mass is 417 g/mol. The zero-order chi connectivity index (χ0) is 22.8. The third-order valence-corrected chi connectivity index (χ3v) is 3.33. The first-order valence-corrected chi connectivity index (χ1v) is 9.60. The van der Waals surface area contributed by atoms with Gasteiger partial charge in [-0.3, -0.25) is 4.79 Å². The maximum absolute atomic E-state index is 12.2. The van der Waals surface area contributed by atoms with Crippen LogP contribution in [-0.4, -0.2) is 59.0 Å². The van der Waals surface area contributed by atoms with Gasteiger partial charge in [-0.1, -0.05) is 0 Å². The maximum atomic E-state index is 12.2. The van der Waals surface area contributed by atoms with Crippen LogP contribution in [0.3, 0.4) is 0 Å². The summed E-state index contributed by atoms with van der Waals surface area (Å²) < 4.78 is 10.2. The van der Waals surface area contributed by atoms with Gasteiger partial charge in [0, 0.05) is 6.54 Å². The third kappa shape index (κ3) is 14.2. The zero-order valence-corrected chi connectivity index (χ0v) is 18.4. The Kier molecular flexibility index (Phi) is 10.5. The predicted molar refractivity (Wildman–Crippen MR) is 106 cm³/mol. The summed E-state index contributed by atoms with van der Waals surface area (Å²) in [7, 11) is 0. The Bertz CT molecular complexity index is 579. The van der Waals surface area contributed by atoms with Crippen LogP contribution in [-0.2, 0) is 19.1 Å². The van der Waals surface area contributed by atoms with Crippen LogP contribution in [0.1, 0.15) is 67.7 Å². The summed E-state index contributed by atoms with van der Waals surface area (Å²) in [4.78, 5) is 46.8. The van der Waals surface area contributed by atoms with Gasteiger partial charge in [0.2, 0.25) is 5.91 Å². The molecule has 0 radical (unpaired) electrons. The lowest BCUT2D eigenvalue weighted by molar-refractivity contribution is -0.142. The Labute approximate surface area is 172 Å². The van der Waals surface area contributed by atoms with Crippen molar-refractivity contribution >= 4 is 24.1 Å². The van der Waals surface area contributed by atoms with E-state index in [-0.39, 0.29) is 6.42 Å². The molecule has 0 heterocycles. The molecule has 0 rings (SSSR count). The van der Waals surface area contributed by atoms with Gasteiger partial charge >= 0.3 is 18.2 Å². The highest BCUT2D eigenvalue weighted by Gasteiger charge is 2.25. The fraction of sp³-hybridized carbons (Fsp3) is 0.789. The second-order valence-electron chi connectivity index (χ2n) is 8.69. The summed E-state index contributed by atoms with van der Waals surface area (Å²) in [6.07, 6.45) is -0.148. The highest BCUT2D eigenvalue weighted by atomic mass is 16.6. The van der Waals surface area contributed by atoms with Gasteiger partial charge in [-0.2, -0.15) is 0 Å². The topological polar surface area (TPSA) is 143 Å². The Hall–Kier alpha value is -2.52. The van der Waals surface area contributed by atoms with Gasteiger partial charge in [0.15, 0.2) is 0 Å². The molecular formula is C19H35N3O7. The summed E-state index contributed by atoms with van der Waals surface area (Å²) in [5.41, 5.74) is -1.30. The summed E-state index contributed by atoms with van der Waals surface area (Å²) in [5.74, 6) is -1.81. The number of hydrogen-bond acceptors (Lipinski definition) is 6. The Morgan fingerprint density at radius 1 is 0.862 bits per heavy atom. The summed E-state index contributed by atoms with van der Waals surface area (Å²) in [5, 5.41) is 16.6. The van der Waals surface area contributed by atoms with Crippen LogP contribution in [0.5, 0.6) is 0 Å². The van der Waals surface area contributed by atoms with Crippen molar-refractivity contribution < 1.29 is 33.8 Å². The normalized spacial score (nSPS) is 13.6. The Morgan fingerprint density at radius 3 is 1.86 bits per heavy atom. The molecule has 10 nitrogen and oxygen atoms in total. The van der Waals surface area contributed by atoms with Crippen molar-refractivity contribution in [2.45, 2.75) is 91.0 Å². The predicted octanol–water partition coefficient (Wildman–Crippen LogP) is 2.16. The molecule has 10 heteroatoms. The van der Waals surface area contributed by atoms with E-state index in [4.69, 9.17) is 9.47 Å². The molecule has 29 heavy (non-hydrogen) atoms. The van der Waals surface area contributed by atoms with Crippen molar-refractivity contribution in [3.05, 3.63) is 0 Å². The lowest BCUT2D eigenvalue weighted by atomic mass is 10.1. The SMILES string of the molecule is C[C@H](NC(=O)OC(C)(C)C)C(=O)N[C@@H](CCCCNC(=O)OC(C)(C)C)C(=O)O. The summed E-state index contributed by atoms with van der Waals surface area (Å²) in [6.45, 7) is 12.1. The molecular weight excluding hydrogens is 382 g/mol. The molecule has 0 aliphatic rings. The number of aliphatic carboxylic acids is 1. The van der Waals surface area contributed by atoms with E-state index in [0.29, 0.717) is 19.4 Å². The van der Waals surface area contributed by atoms with Crippen molar-refractivity contribution in [1.29, 1.82) is 0 Å². The average molecular weight is 418 g/mol. The number of unbranched alkanes of at least 4 members (excludes halogenated alkanes) is 1. The van der Waals surface area contributed by atoms with Gasteiger partial charge in [-0.25, -0.2) is 14.4 Å². The molecule has 2 atom stereocenters. The molecule has 0 aliphatic carbocycles. The van der Waals surface area contributed by atoms with Gasteiger partial charge in [0.1, 0.15) is 23.3 Å². The lowest BCUT2D eigenvalue weighted by Crippen LogP contribution is -2.51. The number of carbonyl (C=O) groups excluding carboxylic acids is 3. The number of nitrogens with one attached hydrogen (secondary N) is 3. The Morgan fingerprint density at radius 2 is 1.38 bits per heavy atom. The van der Waals surface area contributed by atoms with Crippen LogP contribution >= 0.6 is 0 Å². The average Bonchev–Trinajstić information content (AvgIpc) is 2.49. The number of carboxylic acid groups (broad SMARTS) is 1.